The zero-order valence-electron chi connectivity index (χ0n) is 18.3. The topological polar surface area (TPSA) is 112 Å². The quantitative estimate of drug-likeness (QED) is 0.531. The predicted octanol–water partition coefficient (Wildman–Crippen LogP) is 3.18. The van der Waals surface area contributed by atoms with Crippen LogP contribution in [0.25, 0.3) is 10.9 Å². The van der Waals surface area contributed by atoms with Crippen molar-refractivity contribution in [2.45, 2.75) is 32.7 Å². The highest BCUT2D eigenvalue weighted by atomic mass is 16.5. The summed E-state index contributed by atoms with van der Waals surface area (Å²) in [5.74, 6) is 0.671. The van der Waals surface area contributed by atoms with E-state index < -0.39 is 0 Å². The lowest BCUT2D eigenvalue weighted by Gasteiger charge is -2.11. The SMILES string of the molecule is CCC(=O)Nc1cccc(NC(=O)CCCn2cnc3cc(OC)c(OC)cc3c2=O)c1. The number of carbonyl (C=O) groups excluding carboxylic acids is 2. The van der Waals surface area contributed by atoms with Gasteiger partial charge < -0.3 is 20.1 Å². The van der Waals surface area contributed by atoms with Crippen LogP contribution in [0, 0.1) is 0 Å². The second-order valence-electron chi connectivity index (χ2n) is 7.10. The van der Waals surface area contributed by atoms with Gasteiger partial charge in [0, 0.05) is 36.8 Å². The van der Waals surface area contributed by atoms with Crippen LogP contribution >= 0.6 is 0 Å². The van der Waals surface area contributed by atoms with Gasteiger partial charge in [-0.25, -0.2) is 4.98 Å². The third-order valence-corrected chi connectivity index (χ3v) is 4.88. The van der Waals surface area contributed by atoms with Gasteiger partial charge in [0.2, 0.25) is 11.8 Å². The van der Waals surface area contributed by atoms with Gasteiger partial charge in [0.05, 0.1) is 31.4 Å². The van der Waals surface area contributed by atoms with Gasteiger partial charge in [-0.15, -0.1) is 0 Å². The molecule has 2 amide bonds. The van der Waals surface area contributed by atoms with Crippen LogP contribution < -0.4 is 25.7 Å². The monoisotopic (exact) mass is 438 g/mol. The average Bonchev–Trinajstić information content (AvgIpc) is 2.80. The number of anilines is 2. The maximum absolute atomic E-state index is 12.8. The number of carbonyl (C=O) groups is 2. The molecule has 2 aromatic carbocycles. The van der Waals surface area contributed by atoms with E-state index in [0.717, 1.165) is 0 Å². The number of ether oxygens (including phenoxy) is 2. The molecule has 0 aliphatic carbocycles. The van der Waals surface area contributed by atoms with Crippen molar-refractivity contribution < 1.29 is 19.1 Å². The minimum absolute atomic E-state index is 0.0982. The van der Waals surface area contributed by atoms with Gasteiger partial charge in [0.25, 0.3) is 5.56 Å². The number of nitrogens with zero attached hydrogens (tertiary/aromatic N) is 2. The van der Waals surface area contributed by atoms with E-state index in [-0.39, 0.29) is 23.8 Å². The van der Waals surface area contributed by atoms with E-state index in [1.807, 2.05) is 0 Å². The largest absolute Gasteiger partial charge is 0.493 e. The summed E-state index contributed by atoms with van der Waals surface area (Å²) in [4.78, 5) is 41.0. The van der Waals surface area contributed by atoms with Crippen LogP contribution in [0.2, 0.25) is 0 Å². The Morgan fingerprint density at radius 1 is 1.00 bits per heavy atom. The maximum Gasteiger partial charge on any atom is 0.261 e. The molecule has 0 unspecified atom stereocenters. The number of amides is 2. The number of nitrogens with one attached hydrogen (secondary N) is 2. The zero-order valence-corrected chi connectivity index (χ0v) is 18.3. The van der Waals surface area contributed by atoms with E-state index in [1.165, 1.54) is 25.1 Å². The molecule has 0 saturated carbocycles. The standard InChI is InChI=1S/C23H26N4O5/c1-4-21(28)25-15-7-5-8-16(11-15)26-22(29)9-6-10-27-14-24-18-13-20(32-3)19(31-2)12-17(18)23(27)30/h5,7-8,11-14H,4,6,9-10H2,1-3H3,(H,25,28)(H,26,29). The Bertz CT molecular complexity index is 1190. The molecule has 32 heavy (non-hydrogen) atoms. The molecule has 0 atom stereocenters. The fraction of sp³-hybridized carbons (Fsp3) is 0.304. The smallest absolute Gasteiger partial charge is 0.261 e. The lowest BCUT2D eigenvalue weighted by Crippen LogP contribution is -2.22. The highest BCUT2D eigenvalue weighted by Crippen LogP contribution is 2.29. The van der Waals surface area contributed by atoms with Gasteiger partial charge in [-0.2, -0.15) is 0 Å². The molecule has 9 heteroatoms. The molecule has 0 bridgehead atoms. The Balaban J connectivity index is 1.62. The summed E-state index contributed by atoms with van der Waals surface area (Å²) in [6, 6.07) is 10.2. The molecule has 168 valence electrons. The van der Waals surface area contributed by atoms with E-state index in [2.05, 4.69) is 15.6 Å². The molecule has 3 rings (SSSR count). The van der Waals surface area contributed by atoms with E-state index in [4.69, 9.17) is 9.47 Å². The van der Waals surface area contributed by atoms with Crippen molar-refractivity contribution >= 4 is 34.1 Å². The van der Waals surface area contributed by atoms with Gasteiger partial charge in [0.15, 0.2) is 11.5 Å². The van der Waals surface area contributed by atoms with Crippen molar-refractivity contribution in [2.24, 2.45) is 0 Å². The molecule has 2 N–H and O–H groups in total. The highest BCUT2D eigenvalue weighted by Gasteiger charge is 2.11. The van der Waals surface area contributed by atoms with Crippen molar-refractivity contribution in [1.82, 2.24) is 9.55 Å². The van der Waals surface area contributed by atoms with Crippen LogP contribution in [-0.4, -0.2) is 35.6 Å². The third-order valence-electron chi connectivity index (χ3n) is 4.88. The first-order valence-corrected chi connectivity index (χ1v) is 10.3. The van der Waals surface area contributed by atoms with Crippen LogP contribution in [0.1, 0.15) is 26.2 Å². The number of hydrogen-bond donors (Lipinski definition) is 2. The van der Waals surface area contributed by atoms with Crippen LogP contribution in [0.4, 0.5) is 11.4 Å². The van der Waals surface area contributed by atoms with Crippen molar-refractivity contribution in [3.8, 4) is 11.5 Å². The molecule has 0 aliphatic rings. The van der Waals surface area contributed by atoms with Crippen molar-refractivity contribution in [3.05, 3.63) is 53.1 Å². The fourth-order valence-corrected chi connectivity index (χ4v) is 3.20. The summed E-state index contributed by atoms with van der Waals surface area (Å²) in [7, 11) is 3.03. The van der Waals surface area contributed by atoms with Gasteiger partial charge in [-0.1, -0.05) is 13.0 Å². The zero-order chi connectivity index (χ0) is 23.1. The predicted molar refractivity (Wildman–Crippen MR) is 122 cm³/mol. The summed E-state index contributed by atoms with van der Waals surface area (Å²) in [6.07, 6.45) is 2.52. The summed E-state index contributed by atoms with van der Waals surface area (Å²) < 4.78 is 12.0. The van der Waals surface area contributed by atoms with Gasteiger partial charge in [-0.05, 0) is 30.7 Å². The lowest BCUT2D eigenvalue weighted by molar-refractivity contribution is -0.116. The summed E-state index contributed by atoms with van der Waals surface area (Å²) in [5, 5.41) is 5.98. The minimum atomic E-state index is -0.212. The number of benzene rings is 2. The molecule has 0 spiro atoms. The lowest BCUT2D eigenvalue weighted by atomic mass is 10.2. The first-order valence-electron chi connectivity index (χ1n) is 10.3. The average molecular weight is 438 g/mol. The Morgan fingerprint density at radius 3 is 2.31 bits per heavy atom. The minimum Gasteiger partial charge on any atom is -0.493 e. The summed E-state index contributed by atoms with van der Waals surface area (Å²) >= 11 is 0. The first kappa shape index (κ1) is 22.8. The van der Waals surface area contributed by atoms with Crippen LogP contribution in [-0.2, 0) is 16.1 Å². The Kier molecular flexibility index (Phi) is 7.43. The van der Waals surface area contributed by atoms with Gasteiger partial charge in [-0.3, -0.25) is 19.0 Å². The molecule has 0 saturated heterocycles. The molecule has 9 nitrogen and oxygen atoms in total. The number of rotatable bonds is 9. The molecule has 3 aromatic rings. The normalized spacial score (nSPS) is 10.6. The molecular weight excluding hydrogens is 412 g/mol. The number of methoxy groups -OCH3 is 2. The van der Waals surface area contributed by atoms with E-state index in [9.17, 15) is 14.4 Å². The van der Waals surface area contributed by atoms with E-state index >= 15 is 0 Å². The number of hydrogen-bond acceptors (Lipinski definition) is 6. The number of fused-ring (bicyclic) bond motifs is 1. The molecule has 0 aliphatic heterocycles. The Morgan fingerprint density at radius 2 is 1.66 bits per heavy atom. The summed E-state index contributed by atoms with van der Waals surface area (Å²) in [6.45, 7) is 2.11. The Labute approximate surface area is 185 Å². The van der Waals surface area contributed by atoms with Crippen molar-refractivity contribution in [3.63, 3.8) is 0 Å². The van der Waals surface area contributed by atoms with Crippen LogP contribution in [0.3, 0.4) is 0 Å². The number of aromatic nitrogens is 2. The highest BCUT2D eigenvalue weighted by molar-refractivity contribution is 5.94. The number of aryl methyl sites for hydroxylation is 1. The third kappa shape index (κ3) is 5.42. The van der Waals surface area contributed by atoms with Crippen LogP contribution in [0.15, 0.2) is 47.5 Å². The molecule has 1 aromatic heterocycles. The first-order chi connectivity index (χ1) is 15.4. The molecular formula is C23H26N4O5. The second-order valence-corrected chi connectivity index (χ2v) is 7.10. The van der Waals surface area contributed by atoms with Gasteiger partial charge >= 0.3 is 0 Å². The Hall–Kier alpha value is -3.88. The van der Waals surface area contributed by atoms with E-state index in [0.29, 0.717) is 53.2 Å². The second kappa shape index (κ2) is 10.4. The molecule has 0 radical (unpaired) electrons. The van der Waals surface area contributed by atoms with Gasteiger partial charge in [0.1, 0.15) is 0 Å². The molecule has 1 heterocycles. The summed E-state index contributed by atoms with van der Waals surface area (Å²) in [5.41, 5.74) is 1.51. The van der Waals surface area contributed by atoms with Crippen LogP contribution in [0.5, 0.6) is 11.5 Å². The van der Waals surface area contributed by atoms with Crippen molar-refractivity contribution in [2.75, 3.05) is 24.9 Å². The maximum atomic E-state index is 12.8. The fourth-order valence-electron chi connectivity index (χ4n) is 3.20. The molecule has 0 fully saturated rings. The van der Waals surface area contributed by atoms with Crippen molar-refractivity contribution in [1.29, 1.82) is 0 Å². The van der Waals surface area contributed by atoms with E-state index in [1.54, 1.807) is 43.3 Å².